The van der Waals surface area contributed by atoms with Crippen LogP contribution in [0.25, 0.3) is 0 Å². The van der Waals surface area contributed by atoms with E-state index in [1.165, 1.54) is 7.11 Å². The van der Waals surface area contributed by atoms with Gasteiger partial charge in [-0.25, -0.2) is 4.39 Å². The number of fused-ring (bicyclic) bond motifs is 5. The van der Waals surface area contributed by atoms with Crippen LogP contribution in [-0.4, -0.2) is 43.1 Å². The van der Waals surface area contributed by atoms with Crippen LogP contribution in [0.15, 0.2) is 0 Å². The van der Waals surface area contributed by atoms with Crippen LogP contribution in [0, 0.1) is 34.5 Å². The molecule has 0 N–H and O–H groups in total. The van der Waals surface area contributed by atoms with Crippen molar-refractivity contribution in [2.45, 2.75) is 71.0 Å². The Morgan fingerprint density at radius 1 is 1.12 bits per heavy atom. The van der Waals surface area contributed by atoms with E-state index >= 15 is 0 Å². The van der Waals surface area contributed by atoms with E-state index in [1.54, 1.807) is 11.9 Å². The quantitative estimate of drug-likeness (QED) is 0.667. The van der Waals surface area contributed by atoms with Gasteiger partial charge < -0.3 is 9.64 Å². The van der Waals surface area contributed by atoms with Crippen molar-refractivity contribution < 1.29 is 18.7 Å². The molecule has 5 heteroatoms. The van der Waals surface area contributed by atoms with Gasteiger partial charge in [0.25, 0.3) is 5.91 Å². The SMILES string of the molecule is COC(=O)C1CCC2C3CCC4N(C)C(=O)C(F)CC4(C)C3CCC12C. The molecule has 0 bridgehead atoms. The first-order valence-corrected chi connectivity index (χ1v) is 10.2. The molecule has 26 heavy (non-hydrogen) atoms. The van der Waals surface area contributed by atoms with E-state index in [0.29, 0.717) is 24.2 Å². The Morgan fingerprint density at radius 3 is 2.50 bits per heavy atom. The number of hydrogen-bond acceptors (Lipinski definition) is 3. The van der Waals surface area contributed by atoms with Crippen LogP contribution < -0.4 is 0 Å². The van der Waals surface area contributed by atoms with Crippen molar-refractivity contribution in [1.29, 1.82) is 0 Å². The van der Waals surface area contributed by atoms with E-state index in [0.717, 1.165) is 38.5 Å². The fraction of sp³-hybridized carbons (Fsp3) is 0.905. The number of methoxy groups -OCH3 is 1. The summed E-state index contributed by atoms with van der Waals surface area (Å²) in [6.07, 6.45) is 5.09. The van der Waals surface area contributed by atoms with E-state index in [1.807, 2.05) is 0 Å². The van der Waals surface area contributed by atoms with Crippen molar-refractivity contribution in [1.82, 2.24) is 4.90 Å². The molecule has 8 unspecified atom stereocenters. The zero-order valence-corrected chi connectivity index (χ0v) is 16.5. The summed E-state index contributed by atoms with van der Waals surface area (Å²) in [5, 5.41) is 0. The summed E-state index contributed by atoms with van der Waals surface area (Å²) in [4.78, 5) is 26.2. The smallest absolute Gasteiger partial charge is 0.309 e. The summed E-state index contributed by atoms with van der Waals surface area (Å²) in [6, 6.07) is 0.158. The second-order valence-corrected chi connectivity index (χ2v) is 9.79. The lowest BCUT2D eigenvalue weighted by atomic mass is 9.46. The minimum absolute atomic E-state index is 0.00788. The average Bonchev–Trinajstić information content (AvgIpc) is 2.96. The summed E-state index contributed by atoms with van der Waals surface area (Å²) >= 11 is 0. The van der Waals surface area contributed by atoms with E-state index in [4.69, 9.17) is 4.74 Å². The molecule has 0 spiro atoms. The maximum Gasteiger partial charge on any atom is 0.309 e. The molecule has 8 atom stereocenters. The van der Waals surface area contributed by atoms with E-state index < -0.39 is 6.17 Å². The van der Waals surface area contributed by atoms with Gasteiger partial charge in [-0.2, -0.15) is 0 Å². The number of likely N-dealkylation sites (tertiary alicyclic amines) is 1. The highest BCUT2D eigenvalue weighted by Gasteiger charge is 2.63. The van der Waals surface area contributed by atoms with Crippen LogP contribution in [0.5, 0.6) is 0 Å². The normalized spacial score (nSPS) is 50.7. The van der Waals surface area contributed by atoms with Gasteiger partial charge in [-0.3, -0.25) is 9.59 Å². The topological polar surface area (TPSA) is 46.6 Å². The molecule has 0 radical (unpaired) electrons. The van der Waals surface area contributed by atoms with Gasteiger partial charge in [-0.1, -0.05) is 13.8 Å². The first kappa shape index (κ1) is 18.2. The number of nitrogens with zero attached hydrogens (tertiary/aromatic N) is 1. The monoisotopic (exact) mass is 365 g/mol. The molecule has 1 heterocycles. The van der Waals surface area contributed by atoms with Crippen LogP contribution in [-0.2, 0) is 14.3 Å². The molecule has 4 rings (SSSR count). The van der Waals surface area contributed by atoms with Gasteiger partial charge in [-0.15, -0.1) is 0 Å². The number of esters is 1. The van der Waals surface area contributed by atoms with Gasteiger partial charge in [0.2, 0.25) is 0 Å². The van der Waals surface area contributed by atoms with Crippen LogP contribution in [0.4, 0.5) is 4.39 Å². The minimum Gasteiger partial charge on any atom is -0.469 e. The van der Waals surface area contributed by atoms with E-state index in [9.17, 15) is 14.0 Å². The van der Waals surface area contributed by atoms with Crippen LogP contribution >= 0.6 is 0 Å². The van der Waals surface area contributed by atoms with Crippen LogP contribution in [0.3, 0.4) is 0 Å². The Hall–Kier alpha value is -1.13. The third-order valence-electron chi connectivity index (χ3n) is 9.01. The Kier molecular flexibility index (Phi) is 4.16. The van der Waals surface area contributed by atoms with Gasteiger partial charge >= 0.3 is 5.97 Å². The fourth-order valence-corrected chi connectivity index (χ4v) is 7.74. The van der Waals surface area contributed by atoms with Gasteiger partial charge in [0.15, 0.2) is 6.17 Å². The summed E-state index contributed by atoms with van der Waals surface area (Å²) in [7, 11) is 3.28. The zero-order chi connectivity index (χ0) is 18.9. The molecule has 3 saturated carbocycles. The highest BCUT2D eigenvalue weighted by molar-refractivity contribution is 5.82. The second-order valence-electron chi connectivity index (χ2n) is 9.79. The molecule has 1 aliphatic heterocycles. The van der Waals surface area contributed by atoms with E-state index in [-0.39, 0.29) is 34.7 Å². The first-order valence-electron chi connectivity index (χ1n) is 10.2. The number of amides is 1. The fourth-order valence-electron chi connectivity index (χ4n) is 7.74. The summed E-state index contributed by atoms with van der Waals surface area (Å²) in [5.74, 6) is 1.12. The molecular formula is C21H32FNO3. The molecule has 4 fully saturated rings. The van der Waals surface area contributed by atoms with Gasteiger partial charge in [0, 0.05) is 13.1 Å². The number of halogens is 1. The molecule has 0 aromatic heterocycles. The standard InChI is InChI=1S/C21H32FNO3/c1-20-10-9-14-12(13(20)6-7-15(20)19(25)26-4)5-8-17-21(14,2)11-16(22)18(24)23(17)3/h12-17H,5-11H2,1-4H3. The molecule has 4 aliphatic rings. The number of carbonyl (C=O) groups excluding carboxylic acids is 2. The first-order chi connectivity index (χ1) is 12.2. The number of hydrogen-bond donors (Lipinski definition) is 0. The maximum atomic E-state index is 14.5. The summed E-state index contributed by atoms with van der Waals surface area (Å²) in [6.45, 7) is 4.50. The van der Waals surface area contributed by atoms with Crippen molar-refractivity contribution in [2.24, 2.45) is 34.5 Å². The van der Waals surface area contributed by atoms with Crippen molar-refractivity contribution in [3.63, 3.8) is 0 Å². The second kappa shape index (κ2) is 5.93. The molecular weight excluding hydrogens is 333 g/mol. The van der Waals surface area contributed by atoms with E-state index in [2.05, 4.69) is 13.8 Å². The lowest BCUT2D eigenvalue weighted by molar-refractivity contribution is -0.171. The van der Waals surface area contributed by atoms with Crippen LogP contribution in [0.1, 0.15) is 58.8 Å². The predicted molar refractivity (Wildman–Crippen MR) is 96.0 cm³/mol. The minimum atomic E-state index is -1.36. The van der Waals surface area contributed by atoms with Gasteiger partial charge in [0.1, 0.15) is 0 Å². The third-order valence-corrected chi connectivity index (χ3v) is 9.01. The van der Waals surface area contributed by atoms with Crippen molar-refractivity contribution in [3.8, 4) is 0 Å². The Bertz CT molecular complexity index is 624. The molecule has 0 aromatic rings. The highest BCUT2D eigenvalue weighted by Crippen LogP contribution is 2.66. The predicted octanol–water partition coefficient (Wildman–Crippen LogP) is 3.59. The molecule has 146 valence electrons. The Morgan fingerprint density at radius 2 is 1.81 bits per heavy atom. The lowest BCUT2D eigenvalue weighted by Gasteiger charge is -2.62. The Labute approximate surface area is 155 Å². The lowest BCUT2D eigenvalue weighted by Crippen LogP contribution is -2.64. The van der Waals surface area contributed by atoms with Gasteiger partial charge in [0.05, 0.1) is 13.0 Å². The van der Waals surface area contributed by atoms with Crippen LogP contribution in [0.2, 0.25) is 0 Å². The molecule has 0 aromatic carbocycles. The molecule has 1 saturated heterocycles. The Balaban J connectivity index is 1.64. The van der Waals surface area contributed by atoms with Gasteiger partial charge in [-0.05, 0) is 73.5 Å². The number of piperidine rings is 1. The molecule has 3 aliphatic carbocycles. The zero-order valence-electron chi connectivity index (χ0n) is 16.5. The van der Waals surface area contributed by atoms with Crippen molar-refractivity contribution in [2.75, 3.05) is 14.2 Å². The van der Waals surface area contributed by atoms with Crippen molar-refractivity contribution in [3.05, 3.63) is 0 Å². The number of alkyl halides is 1. The summed E-state index contributed by atoms with van der Waals surface area (Å²) in [5.41, 5.74) is -0.126. The molecule has 4 nitrogen and oxygen atoms in total. The van der Waals surface area contributed by atoms with Crippen molar-refractivity contribution >= 4 is 11.9 Å². The third kappa shape index (κ3) is 2.24. The average molecular weight is 365 g/mol. The molecule has 1 amide bonds. The number of rotatable bonds is 1. The maximum absolute atomic E-state index is 14.5. The highest BCUT2D eigenvalue weighted by atomic mass is 19.1. The number of carbonyl (C=O) groups is 2. The summed E-state index contributed by atoms with van der Waals surface area (Å²) < 4.78 is 19.6. The largest absolute Gasteiger partial charge is 0.469 e. The number of ether oxygens (including phenoxy) is 1.